The van der Waals surface area contributed by atoms with Crippen molar-refractivity contribution in [3.8, 4) is 0 Å². The van der Waals surface area contributed by atoms with Crippen molar-refractivity contribution in [1.29, 1.82) is 0 Å². The van der Waals surface area contributed by atoms with Crippen molar-refractivity contribution in [1.82, 2.24) is 4.98 Å². The van der Waals surface area contributed by atoms with E-state index in [-0.39, 0.29) is 5.41 Å². The van der Waals surface area contributed by atoms with E-state index < -0.39 is 0 Å². The van der Waals surface area contributed by atoms with E-state index in [4.69, 9.17) is 0 Å². The van der Waals surface area contributed by atoms with Gasteiger partial charge in [0.2, 0.25) is 0 Å². The van der Waals surface area contributed by atoms with E-state index in [1.165, 1.54) is 0 Å². The highest BCUT2D eigenvalue weighted by Crippen LogP contribution is 2.18. The smallest absolute Gasteiger partial charge is 0.138 e. The van der Waals surface area contributed by atoms with Crippen molar-refractivity contribution in [2.45, 2.75) is 40.0 Å². The molecule has 0 saturated heterocycles. The number of thiazole rings is 1. The fourth-order valence-electron chi connectivity index (χ4n) is 1.15. The number of carbonyl (C=O) groups is 1. The zero-order valence-corrected chi connectivity index (χ0v) is 9.86. The van der Waals surface area contributed by atoms with E-state index >= 15 is 0 Å². The van der Waals surface area contributed by atoms with Gasteiger partial charge in [-0.2, -0.15) is 0 Å². The molecule has 78 valence electrons. The number of hydrogen-bond donors (Lipinski definition) is 0. The average Bonchev–Trinajstić information content (AvgIpc) is 2.55. The van der Waals surface area contributed by atoms with Crippen molar-refractivity contribution in [2.24, 2.45) is 5.41 Å². The van der Waals surface area contributed by atoms with E-state index in [9.17, 15) is 4.79 Å². The van der Waals surface area contributed by atoms with Crippen LogP contribution in [0.25, 0.3) is 0 Å². The minimum atomic E-state index is -0.192. The minimum Gasteiger partial charge on any atom is -0.299 e. The van der Waals surface area contributed by atoms with E-state index in [0.29, 0.717) is 12.2 Å². The summed E-state index contributed by atoms with van der Waals surface area (Å²) >= 11 is 1.66. The minimum absolute atomic E-state index is 0.192. The van der Waals surface area contributed by atoms with Gasteiger partial charge in [0.15, 0.2) is 0 Å². The second-order valence-corrected chi connectivity index (χ2v) is 5.43. The predicted molar refractivity (Wildman–Crippen MR) is 59.5 cm³/mol. The Labute approximate surface area is 89.4 Å². The number of Topliss-reactive ketones (excluding diaryl/α,β-unsaturated/α-hetero) is 1. The molecule has 0 radical (unpaired) electrons. The van der Waals surface area contributed by atoms with Crippen LogP contribution in [-0.4, -0.2) is 10.8 Å². The average molecular weight is 211 g/mol. The molecule has 1 aromatic heterocycles. The largest absolute Gasteiger partial charge is 0.299 e. The van der Waals surface area contributed by atoms with Crippen LogP contribution in [0.5, 0.6) is 0 Å². The van der Waals surface area contributed by atoms with Gasteiger partial charge in [0, 0.05) is 23.4 Å². The first kappa shape index (κ1) is 11.4. The quantitative estimate of drug-likeness (QED) is 0.766. The summed E-state index contributed by atoms with van der Waals surface area (Å²) in [5.41, 5.74) is -0.192. The second-order valence-electron chi connectivity index (χ2n) is 4.45. The molecule has 0 aromatic carbocycles. The Morgan fingerprint density at radius 3 is 2.71 bits per heavy atom. The molecular formula is C11H17NOS. The number of aryl methyl sites for hydroxylation is 1. The lowest BCUT2D eigenvalue weighted by atomic mass is 9.88. The molecule has 2 nitrogen and oxygen atoms in total. The zero-order valence-electron chi connectivity index (χ0n) is 9.04. The van der Waals surface area contributed by atoms with Crippen LogP contribution in [0.2, 0.25) is 0 Å². The molecule has 0 saturated carbocycles. The lowest BCUT2D eigenvalue weighted by Gasteiger charge is -2.15. The molecule has 0 N–H and O–H groups in total. The number of nitrogens with zero attached hydrogens (tertiary/aromatic N) is 1. The Bertz CT molecular complexity index is 285. The standard InChI is InChI=1S/C11H17NOS/c1-11(2,3)9(13)5-4-6-10-12-7-8-14-10/h7-8H,4-6H2,1-3H3. The highest BCUT2D eigenvalue weighted by Gasteiger charge is 2.20. The molecule has 0 aliphatic rings. The molecule has 0 aliphatic heterocycles. The van der Waals surface area contributed by atoms with Crippen molar-refractivity contribution >= 4 is 17.1 Å². The SMILES string of the molecule is CC(C)(C)C(=O)CCCc1nccs1. The monoisotopic (exact) mass is 211 g/mol. The Balaban J connectivity index is 2.26. The molecule has 1 rings (SSSR count). The normalized spacial score (nSPS) is 11.6. The molecule has 1 heterocycles. The van der Waals surface area contributed by atoms with Gasteiger partial charge >= 0.3 is 0 Å². The van der Waals surface area contributed by atoms with Crippen LogP contribution in [0.3, 0.4) is 0 Å². The molecule has 1 aromatic rings. The summed E-state index contributed by atoms with van der Waals surface area (Å²) in [4.78, 5) is 15.8. The van der Waals surface area contributed by atoms with Crippen molar-refractivity contribution in [2.75, 3.05) is 0 Å². The summed E-state index contributed by atoms with van der Waals surface area (Å²) < 4.78 is 0. The van der Waals surface area contributed by atoms with Gasteiger partial charge in [0.1, 0.15) is 5.78 Å². The molecule has 0 aliphatic carbocycles. The fourth-order valence-corrected chi connectivity index (χ4v) is 1.81. The molecular weight excluding hydrogens is 194 g/mol. The van der Waals surface area contributed by atoms with E-state index in [0.717, 1.165) is 17.8 Å². The van der Waals surface area contributed by atoms with Crippen LogP contribution in [0, 0.1) is 5.41 Å². The van der Waals surface area contributed by atoms with Gasteiger partial charge in [0.25, 0.3) is 0 Å². The van der Waals surface area contributed by atoms with E-state index in [2.05, 4.69) is 4.98 Å². The third-order valence-corrected chi connectivity index (χ3v) is 2.95. The number of carbonyl (C=O) groups excluding carboxylic acids is 1. The number of rotatable bonds is 4. The van der Waals surface area contributed by atoms with Gasteiger partial charge < -0.3 is 0 Å². The molecule has 0 unspecified atom stereocenters. The molecule has 3 heteroatoms. The highest BCUT2D eigenvalue weighted by molar-refractivity contribution is 7.09. The zero-order chi connectivity index (χ0) is 10.6. The van der Waals surface area contributed by atoms with Gasteiger partial charge in [-0.1, -0.05) is 20.8 Å². The van der Waals surface area contributed by atoms with E-state index in [1.54, 1.807) is 11.3 Å². The van der Waals surface area contributed by atoms with Gasteiger partial charge in [-0.05, 0) is 12.8 Å². The van der Waals surface area contributed by atoms with Crippen LogP contribution in [-0.2, 0) is 11.2 Å². The van der Waals surface area contributed by atoms with Crippen LogP contribution in [0.1, 0.15) is 38.6 Å². The summed E-state index contributed by atoms with van der Waals surface area (Å²) in [6.45, 7) is 5.91. The molecule has 0 amide bonds. The molecule has 14 heavy (non-hydrogen) atoms. The van der Waals surface area contributed by atoms with Gasteiger partial charge in [-0.3, -0.25) is 4.79 Å². The highest BCUT2D eigenvalue weighted by atomic mass is 32.1. The maximum absolute atomic E-state index is 11.6. The topological polar surface area (TPSA) is 30.0 Å². The lowest BCUT2D eigenvalue weighted by Crippen LogP contribution is -2.19. The fraction of sp³-hybridized carbons (Fsp3) is 0.636. The maximum atomic E-state index is 11.6. The first-order valence-corrected chi connectivity index (χ1v) is 5.80. The summed E-state index contributed by atoms with van der Waals surface area (Å²) in [5, 5.41) is 3.10. The summed E-state index contributed by atoms with van der Waals surface area (Å²) in [5.74, 6) is 0.342. The Morgan fingerprint density at radius 1 is 1.50 bits per heavy atom. The number of hydrogen-bond acceptors (Lipinski definition) is 3. The Kier molecular flexibility index (Phi) is 3.81. The van der Waals surface area contributed by atoms with Crippen molar-refractivity contribution in [3.63, 3.8) is 0 Å². The summed E-state index contributed by atoms with van der Waals surface area (Å²) in [6.07, 6.45) is 4.33. The summed E-state index contributed by atoms with van der Waals surface area (Å²) in [7, 11) is 0. The molecule has 0 bridgehead atoms. The third kappa shape index (κ3) is 3.58. The van der Waals surface area contributed by atoms with Crippen molar-refractivity contribution < 1.29 is 4.79 Å². The van der Waals surface area contributed by atoms with Gasteiger partial charge in [0.05, 0.1) is 5.01 Å². The molecule has 0 spiro atoms. The van der Waals surface area contributed by atoms with Crippen LogP contribution < -0.4 is 0 Å². The lowest BCUT2D eigenvalue weighted by molar-refractivity contribution is -0.126. The number of ketones is 1. The summed E-state index contributed by atoms with van der Waals surface area (Å²) in [6, 6.07) is 0. The van der Waals surface area contributed by atoms with Gasteiger partial charge in [-0.25, -0.2) is 4.98 Å². The van der Waals surface area contributed by atoms with E-state index in [1.807, 2.05) is 32.3 Å². The molecule has 0 fully saturated rings. The van der Waals surface area contributed by atoms with Crippen molar-refractivity contribution in [3.05, 3.63) is 16.6 Å². The first-order chi connectivity index (χ1) is 6.50. The Morgan fingerprint density at radius 2 is 2.21 bits per heavy atom. The first-order valence-electron chi connectivity index (χ1n) is 4.92. The molecule has 0 atom stereocenters. The maximum Gasteiger partial charge on any atom is 0.138 e. The van der Waals surface area contributed by atoms with Crippen LogP contribution >= 0.6 is 11.3 Å². The predicted octanol–water partition coefficient (Wildman–Crippen LogP) is 3.08. The van der Waals surface area contributed by atoms with Crippen LogP contribution in [0.15, 0.2) is 11.6 Å². The van der Waals surface area contributed by atoms with Gasteiger partial charge in [-0.15, -0.1) is 11.3 Å². The third-order valence-electron chi connectivity index (χ3n) is 2.11. The second kappa shape index (κ2) is 4.69. The Hall–Kier alpha value is -0.700. The van der Waals surface area contributed by atoms with Crippen LogP contribution in [0.4, 0.5) is 0 Å². The number of aromatic nitrogens is 1.